The molecule has 0 aliphatic carbocycles. The fraction of sp³-hybridized carbons (Fsp3) is 0.0714. The Labute approximate surface area is 293 Å². The van der Waals surface area contributed by atoms with Gasteiger partial charge in [-0.3, -0.25) is 0 Å². The summed E-state index contributed by atoms with van der Waals surface area (Å²) in [4.78, 5) is 14.2. The van der Waals surface area contributed by atoms with Gasteiger partial charge in [-0.2, -0.15) is 26.3 Å². The zero-order valence-electron chi connectivity index (χ0n) is 27.3. The summed E-state index contributed by atoms with van der Waals surface area (Å²) < 4.78 is 91.8. The Morgan fingerprint density at radius 1 is 0.462 bits per heavy atom. The number of rotatable bonds is 5. The quantitative estimate of drug-likeness (QED) is 0.168. The van der Waals surface area contributed by atoms with E-state index in [1.54, 1.807) is 71.3 Å². The van der Waals surface area contributed by atoms with E-state index in [1.165, 1.54) is 12.1 Å². The molecule has 0 radical (unpaired) electrons. The highest BCUT2D eigenvalue weighted by atomic mass is 19.4. The maximum absolute atomic E-state index is 15.0. The highest BCUT2D eigenvalue weighted by Gasteiger charge is 2.42. The largest absolute Gasteiger partial charge is 0.417 e. The molecule has 0 N–H and O–H groups in total. The van der Waals surface area contributed by atoms with Gasteiger partial charge in [0.25, 0.3) is 0 Å². The zero-order valence-corrected chi connectivity index (χ0v) is 27.3. The van der Waals surface area contributed by atoms with Crippen LogP contribution in [0.5, 0.6) is 0 Å². The SMILES string of the molecule is Cc1ccc2c(c1)c1ccccc1n2-c1cccc(-c2nc(-c3ccccc3)nc(-c3ccccc3)n2)c1-c1c(C(F)(F)F)cccc1C(F)(F)F. The average molecular weight is 701 g/mol. The molecular weight excluding hydrogens is 674 g/mol. The number of halogens is 6. The Morgan fingerprint density at radius 2 is 0.981 bits per heavy atom. The monoisotopic (exact) mass is 700 g/mol. The number of aryl methyl sites for hydroxylation is 1. The number of aromatic nitrogens is 4. The number of hydrogen-bond donors (Lipinski definition) is 0. The number of hydrogen-bond acceptors (Lipinski definition) is 3. The van der Waals surface area contributed by atoms with Crippen molar-refractivity contribution in [3.05, 3.63) is 156 Å². The van der Waals surface area contributed by atoms with Gasteiger partial charge >= 0.3 is 12.4 Å². The molecule has 0 bridgehead atoms. The number of nitrogens with zero attached hydrogens (tertiary/aromatic N) is 4. The van der Waals surface area contributed by atoms with Gasteiger partial charge in [0.15, 0.2) is 17.5 Å². The molecule has 2 aromatic heterocycles. The van der Waals surface area contributed by atoms with Gasteiger partial charge in [-0.25, -0.2) is 15.0 Å². The highest BCUT2D eigenvalue weighted by molar-refractivity contribution is 6.10. The maximum atomic E-state index is 15.0. The van der Waals surface area contributed by atoms with Crippen molar-refractivity contribution in [1.82, 2.24) is 19.5 Å². The lowest BCUT2D eigenvalue weighted by Crippen LogP contribution is -2.16. The molecule has 0 saturated carbocycles. The van der Waals surface area contributed by atoms with Crippen molar-refractivity contribution in [2.45, 2.75) is 19.3 Å². The van der Waals surface area contributed by atoms with Gasteiger partial charge in [-0.1, -0.05) is 109 Å². The van der Waals surface area contributed by atoms with E-state index >= 15 is 26.3 Å². The molecule has 8 aromatic rings. The summed E-state index contributed by atoms with van der Waals surface area (Å²) in [5.41, 5.74) is -0.828. The van der Waals surface area contributed by atoms with E-state index in [0.29, 0.717) is 34.3 Å². The first kappa shape index (κ1) is 32.9. The smallest absolute Gasteiger partial charge is 0.309 e. The zero-order chi connectivity index (χ0) is 36.2. The van der Waals surface area contributed by atoms with Gasteiger partial charge in [0.1, 0.15) is 0 Å². The number of fused-ring (bicyclic) bond motifs is 3. The number of alkyl halides is 6. The molecule has 4 nitrogen and oxygen atoms in total. The van der Waals surface area contributed by atoms with E-state index in [2.05, 4.69) is 0 Å². The van der Waals surface area contributed by atoms with Crippen molar-refractivity contribution in [2.24, 2.45) is 0 Å². The standard InChI is InChI=1S/C42H26F6N4/c1-25-22-23-34-30(24-25)28-16-8-9-20-33(28)52(34)35-21-10-17-29(36(35)37-31(41(43,44)45)18-11-19-32(37)42(46,47)48)40-50-38(26-12-4-2-5-13-26)49-39(51-40)27-14-6-3-7-15-27/h2-24H,1H3. The molecule has 0 spiro atoms. The van der Waals surface area contributed by atoms with Crippen LogP contribution in [0.15, 0.2) is 140 Å². The van der Waals surface area contributed by atoms with Crippen molar-refractivity contribution in [3.8, 4) is 51.0 Å². The summed E-state index contributed by atoms with van der Waals surface area (Å²) in [6.45, 7) is 1.92. The lowest BCUT2D eigenvalue weighted by Gasteiger charge is -2.24. The summed E-state index contributed by atoms with van der Waals surface area (Å²) in [5.74, 6) is 0.313. The minimum Gasteiger partial charge on any atom is -0.309 e. The average Bonchev–Trinajstić information content (AvgIpc) is 3.47. The topological polar surface area (TPSA) is 43.6 Å². The predicted molar refractivity (Wildman–Crippen MR) is 191 cm³/mol. The highest BCUT2D eigenvalue weighted by Crippen LogP contribution is 2.50. The lowest BCUT2D eigenvalue weighted by molar-refractivity contribution is -0.142. The van der Waals surface area contributed by atoms with Crippen molar-refractivity contribution >= 4 is 21.8 Å². The predicted octanol–water partition coefficient (Wildman–Crippen LogP) is 12.0. The summed E-state index contributed by atoms with van der Waals surface area (Å²) in [5, 5.41) is 1.58. The van der Waals surface area contributed by atoms with E-state index in [1.807, 2.05) is 49.4 Å². The molecule has 2 heterocycles. The third-order valence-electron chi connectivity index (χ3n) is 8.98. The van der Waals surface area contributed by atoms with Crippen molar-refractivity contribution < 1.29 is 26.3 Å². The van der Waals surface area contributed by atoms with Gasteiger partial charge in [0.2, 0.25) is 0 Å². The molecule has 8 rings (SSSR count). The van der Waals surface area contributed by atoms with Crippen LogP contribution < -0.4 is 0 Å². The Hall–Kier alpha value is -6.29. The summed E-state index contributed by atoms with van der Waals surface area (Å²) >= 11 is 0. The van der Waals surface area contributed by atoms with E-state index < -0.39 is 29.0 Å². The first-order chi connectivity index (χ1) is 25.0. The molecule has 0 fully saturated rings. The molecule has 52 heavy (non-hydrogen) atoms. The summed E-state index contributed by atoms with van der Waals surface area (Å²) in [6.07, 6.45) is -10.3. The fourth-order valence-corrected chi connectivity index (χ4v) is 6.74. The first-order valence-corrected chi connectivity index (χ1v) is 16.3. The third kappa shape index (κ3) is 5.75. The first-order valence-electron chi connectivity index (χ1n) is 16.3. The Balaban J connectivity index is 1.56. The number of para-hydroxylation sites is 1. The van der Waals surface area contributed by atoms with Gasteiger partial charge in [0.05, 0.1) is 27.8 Å². The second kappa shape index (κ2) is 12.5. The third-order valence-corrected chi connectivity index (χ3v) is 8.98. The molecule has 0 atom stereocenters. The van der Waals surface area contributed by atoms with Gasteiger partial charge in [-0.05, 0) is 43.3 Å². The van der Waals surface area contributed by atoms with Crippen LogP contribution in [0.4, 0.5) is 26.3 Å². The molecule has 10 heteroatoms. The van der Waals surface area contributed by atoms with E-state index in [0.717, 1.165) is 22.4 Å². The molecule has 0 aliphatic rings. The molecule has 256 valence electrons. The van der Waals surface area contributed by atoms with Crippen LogP contribution >= 0.6 is 0 Å². The Morgan fingerprint density at radius 3 is 1.58 bits per heavy atom. The van der Waals surface area contributed by atoms with Gasteiger partial charge in [0, 0.05) is 38.6 Å². The molecule has 0 unspecified atom stereocenters. The van der Waals surface area contributed by atoms with Crippen LogP contribution in [-0.2, 0) is 12.4 Å². The Bertz CT molecular complexity index is 2520. The maximum Gasteiger partial charge on any atom is 0.417 e. The number of benzene rings is 6. The normalized spacial score (nSPS) is 12.1. The van der Waals surface area contributed by atoms with Crippen LogP contribution in [0.2, 0.25) is 0 Å². The second-order valence-corrected chi connectivity index (χ2v) is 12.3. The molecule has 0 saturated heterocycles. The fourth-order valence-electron chi connectivity index (χ4n) is 6.74. The summed E-state index contributed by atoms with van der Waals surface area (Å²) in [7, 11) is 0. The van der Waals surface area contributed by atoms with Crippen molar-refractivity contribution in [2.75, 3.05) is 0 Å². The van der Waals surface area contributed by atoms with Crippen LogP contribution in [0.3, 0.4) is 0 Å². The van der Waals surface area contributed by atoms with Crippen LogP contribution in [0, 0.1) is 6.92 Å². The minimum atomic E-state index is -5.15. The van der Waals surface area contributed by atoms with E-state index in [-0.39, 0.29) is 34.3 Å². The van der Waals surface area contributed by atoms with Crippen molar-refractivity contribution in [1.29, 1.82) is 0 Å². The van der Waals surface area contributed by atoms with Crippen LogP contribution in [0.25, 0.3) is 72.8 Å². The molecule has 0 aliphatic heterocycles. The molecular formula is C42H26F6N4. The van der Waals surface area contributed by atoms with E-state index in [9.17, 15) is 0 Å². The minimum absolute atomic E-state index is 0.0329. The summed E-state index contributed by atoms with van der Waals surface area (Å²) in [6, 6.07) is 37.5. The van der Waals surface area contributed by atoms with Crippen LogP contribution in [-0.4, -0.2) is 19.5 Å². The second-order valence-electron chi connectivity index (χ2n) is 12.3. The van der Waals surface area contributed by atoms with Gasteiger partial charge in [-0.15, -0.1) is 0 Å². The van der Waals surface area contributed by atoms with Crippen molar-refractivity contribution in [3.63, 3.8) is 0 Å². The van der Waals surface area contributed by atoms with Gasteiger partial charge < -0.3 is 4.57 Å². The van der Waals surface area contributed by atoms with Crippen LogP contribution in [0.1, 0.15) is 16.7 Å². The molecule has 0 amide bonds. The Kier molecular flexibility index (Phi) is 7.90. The molecule has 6 aromatic carbocycles. The lowest BCUT2D eigenvalue weighted by atomic mass is 9.88. The van der Waals surface area contributed by atoms with E-state index in [4.69, 9.17) is 15.0 Å².